The van der Waals surface area contributed by atoms with Gasteiger partial charge in [0.1, 0.15) is 5.75 Å². The minimum absolute atomic E-state index is 0.200. The largest absolute Gasteiger partial charge is 0.497 e. The van der Waals surface area contributed by atoms with Gasteiger partial charge in [0.25, 0.3) is 0 Å². The summed E-state index contributed by atoms with van der Waals surface area (Å²) in [4.78, 5) is 2.56. The third-order valence-corrected chi connectivity index (χ3v) is 4.12. The zero-order valence-corrected chi connectivity index (χ0v) is 12.1. The van der Waals surface area contributed by atoms with Crippen molar-refractivity contribution in [3.8, 4) is 5.75 Å². The van der Waals surface area contributed by atoms with E-state index >= 15 is 0 Å². The normalized spacial score (nSPS) is 19.9. The Balaban J connectivity index is 2.19. The number of nitrogens with zero attached hydrogens (tertiary/aromatic N) is 1. The van der Waals surface area contributed by atoms with Crippen LogP contribution in [0, 0.1) is 0 Å². The van der Waals surface area contributed by atoms with E-state index in [2.05, 4.69) is 24.0 Å². The van der Waals surface area contributed by atoms with Crippen LogP contribution < -0.4 is 10.5 Å². The van der Waals surface area contributed by atoms with E-state index in [1.165, 1.54) is 37.9 Å². The summed E-state index contributed by atoms with van der Waals surface area (Å²) < 4.78 is 5.24. The molecule has 0 saturated carbocycles. The van der Waals surface area contributed by atoms with E-state index in [1.807, 2.05) is 12.1 Å². The van der Waals surface area contributed by atoms with Crippen LogP contribution in [0.15, 0.2) is 24.3 Å². The van der Waals surface area contributed by atoms with Crippen LogP contribution in [0.25, 0.3) is 0 Å². The lowest BCUT2D eigenvalue weighted by atomic mass is 9.94. The average Bonchev–Trinajstić information content (AvgIpc) is 2.49. The molecular weight excluding hydrogens is 236 g/mol. The molecule has 19 heavy (non-hydrogen) atoms. The van der Waals surface area contributed by atoms with Crippen molar-refractivity contribution in [3.05, 3.63) is 29.8 Å². The van der Waals surface area contributed by atoms with Gasteiger partial charge in [-0.05, 0) is 50.0 Å². The predicted molar refractivity (Wildman–Crippen MR) is 79.4 cm³/mol. The zero-order chi connectivity index (χ0) is 13.7. The van der Waals surface area contributed by atoms with Gasteiger partial charge in [-0.1, -0.05) is 25.5 Å². The van der Waals surface area contributed by atoms with E-state index in [0.717, 1.165) is 12.2 Å². The third-order valence-electron chi connectivity index (χ3n) is 4.12. The van der Waals surface area contributed by atoms with Crippen LogP contribution in [0.5, 0.6) is 5.75 Å². The van der Waals surface area contributed by atoms with Crippen LogP contribution in [-0.4, -0.2) is 31.1 Å². The number of ether oxygens (including phenoxy) is 1. The maximum Gasteiger partial charge on any atom is 0.118 e. The molecule has 0 radical (unpaired) electrons. The number of nitrogens with two attached hydrogens (primary N) is 1. The number of methoxy groups -OCH3 is 1. The molecule has 1 heterocycles. The first-order valence-electron chi connectivity index (χ1n) is 7.40. The maximum atomic E-state index is 6.38. The summed E-state index contributed by atoms with van der Waals surface area (Å²) in [5.74, 6) is 0.909. The highest BCUT2D eigenvalue weighted by Crippen LogP contribution is 2.29. The molecular formula is C16H26N2O. The van der Waals surface area contributed by atoms with Crippen LogP contribution in [0.1, 0.15) is 44.2 Å². The molecule has 1 fully saturated rings. The molecule has 1 aromatic rings. The van der Waals surface area contributed by atoms with Gasteiger partial charge in [-0.25, -0.2) is 0 Å². The van der Waals surface area contributed by atoms with Crippen molar-refractivity contribution < 1.29 is 4.74 Å². The number of hydrogen-bond acceptors (Lipinski definition) is 3. The highest BCUT2D eigenvalue weighted by atomic mass is 16.5. The summed E-state index contributed by atoms with van der Waals surface area (Å²) in [6.07, 6.45) is 4.95. The van der Waals surface area contributed by atoms with Crippen LogP contribution in [0.4, 0.5) is 0 Å². The molecule has 1 aliphatic rings. The number of likely N-dealkylation sites (tertiary alicyclic amines) is 1. The molecule has 1 saturated heterocycles. The molecule has 0 spiro atoms. The van der Waals surface area contributed by atoms with Crippen molar-refractivity contribution in [1.82, 2.24) is 4.90 Å². The van der Waals surface area contributed by atoms with Crippen molar-refractivity contribution in [2.45, 2.75) is 44.7 Å². The van der Waals surface area contributed by atoms with Crippen molar-refractivity contribution in [1.29, 1.82) is 0 Å². The van der Waals surface area contributed by atoms with Crippen molar-refractivity contribution >= 4 is 0 Å². The summed E-state index contributed by atoms with van der Waals surface area (Å²) in [6, 6.07) is 8.94. The summed E-state index contributed by atoms with van der Waals surface area (Å²) in [5, 5.41) is 0. The smallest absolute Gasteiger partial charge is 0.118 e. The van der Waals surface area contributed by atoms with Gasteiger partial charge in [0.05, 0.1) is 7.11 Å². The fourth-order valence-electron chi connectivity index (χ4n) is 2.95. The van der Waals surface area contributed by atoms with E-state index in [-0.39, 0.29) is 6.04 Å². The Morgan fingerprint density at radius 2 is 1.79 bits per heavy atom. The van der Waals surface area contributed by atoms with Crippen LogP contribution in [-0.2, 0) is 0 Å². The summed E-state index contributed by atoms with van der Waals surface area (Å²) >= 11 is 0. The first-order valence-corrected chi connectivity index (χ1v) is 7.40. The van der Waals surface area contributed by atoms with Gasteiger partial charge in [-0.2, -0.15) is 0 Å². The molecule has 2 unspecified atom stereocenters. The second-order valence-electron chi connectivity index (χ2n) is 5.39. The van der Waals surface area contributed by atoms with Gasteiger partial charge in [0, 0.05) is 12.1 Å². The Labute approximate surface area is 116 Å². The summed E-state index contributed by atoms with van der Waals surface area (Å²) in [7, 11) is 1.70. The fraction of sp³-hybridized carbons (Fsp3) is 0.625. The van der Waals surface area contributed by atoms with Gasteiger partial charge < -0.3 is 10.5 Å². The van der Waals surface area contributed by atoms with Crippen molar-refractivity contribution in [3.63, 3.8) is 0 Å². The molecule has 0 aromatic heterocycles. The van der Waals surface area contributed by atoms with Crippen LogP contribution >= 0.6 is 0 Å². The first-order chi connectivity index (χ1) is 9.26. The quantitative estimate of drug-likeness (QED) is 0.886. The Bertz CT molecular complexity index is 371. The van der Waals surface area contributed by atoms with Gasteiger partial charge in [-0.15, -0.1) is 0 Å². The molecule has 0 amide bonds. The molecule has 2 atom stereocenters. The van der Waals surface area contributed by atoms with Crippen molar-refractivity contribution in [2.24, 2.45) is 5.73 Å². The molecule has 1 aromatic carbocycles. The molecule has 1 aliphatic heterocycles. The Hall–Kier alpha value is -1.06. The van der Waals surface area contributed by atoms with E-state index in [9.17, 15) is 0 Å². The topological polar surface area (TPSA) is 38.5 Å². The SMILES string of the molecule is CCC(N)C(c1ccc(OC)cc1)N1CCCCC1. The lowest BCUT2D eigenvalue weighted by Gasteiger charge is -2.38. The number of benzene rings is 1. The predicted octanol–water partition coefficient (Wildman–Crippen LogP) is 2.96. The number of rotatable bonds is 5. The fourth-order valence-corrected chi connectivity index (χ4v) is 2.95. The number of piperidine rings is 1. The van der Waals surface area contributed by atoms with Crippen LogP contribution in [0.3, 0.4) is 0 Å². The highest BCUT2D eigenvalue weighted by molar-refractivity contribution is 5.30. The first kappa shape index (κ1) is 14.4. The average molecular weight is 262 g/mol. The third kappa shape index (κ3) is 3.48. The van der Waals surface area contributed by atoms with Gasteiger partial charge in [0.2, 0.25) is 0 Å². The van der Waals surface area contributed by atoms with E-state index in [0.29, 0.717) is 6.04 Å². The maximum absolute atomic E-state index is 6.38. The molecule has 0 bridgehead atoms. The minimum atomic E-state index is 0.200. The van der Waals surface area contributed by atoms with Gasteiger partial charge in [0.15, 0.2) is 0 Å². The molecule has 2 rings (SSSR count). The Kier molecular flexibility index (Phi) is 5.23. The van der Waals surface area contributed by atoms with E-state index in [4.69, 9.17) is 10.5 Å². The van der Waals surface area contributed by atoms with Gasteiger partial charge >= 0.3 is 0 Å². The van der Waals surface area contributed by atoms with Gasteiger partial charge in [-0.3, -0.25) is 4.90 Å². The molecule has 2 N–H and O–H groups in total. The molecule has 106 valence electrons. The monoisotopic (exact) mass is 262 g/mol. The summed E-state index contributed by atoms with van der Waals surface area (Å²) in [5.41, 5.74) is 7.69. The highest BCUT2D eigenvalue weighted by Gasteiger charge is 2.26. The molecule has 3 heteroatoms. The lowest BCUT2D eigenvalue weighted by molar-refractivity contribution is 0.140. The van der Waals surface area contributed by atoms with E-state index < -0.39 is 0 Å². The lowest BCUT2D eigenvalue weighted by Crippen LogP contribution is -2.43. The Morgan fingerprint density at radius 3 is 2.32 bits per heavy atom. The number of hydrogen-bond donors (Lipinski definition) is 1. The second kappa shape index (κ2) is 6.92. The molecule has 0 aliphatic carbocycles. The Morgan fingerprint density at radius 1 is 1.16 bits per heavy atom. The second-order valence-corrected chi connectivity index (χ2v) is 5.39. The zero-order valence-electron chi connectivity index (χ0n) is 12.1. The minimum Gasteiger partial charge on any atom is -0.497 e. The van der Waals surface area contributed by atoms with E-state index in [1.54, 1.807) is 7.11 Å². The standard InChI is InChI=1S/C16H26N2O/c1-3-15(17)16(18-11-5-4-6-12-18)13-7-9-14(19-2)10-8-13/h7-10,15-16H,3-6,11-12,17H2,1-2H3. The summed E-state index contributed by atoms with van der Waals surface area (Å²) in [6.45, 7) is 4.51. The van der Waals surface area contributed by atoms with Crippen molar-refractivity contribution in [2.75, 3.05) is 20.2 Å². The molecule has 3 nitrogen and oxygen atoms in total. The van der Waals surface area contributed by atoms with Crippen LogP contribution in [0.2, 0.25) is 0 Å².